The number of aryl methyl sites for hydroxylation is 3. The summed E-state index contributed by atoms with van der Waals surface area (Å²) in [5, 5.41) is 5.36. The van der Waals surface area contributed by atoms with Gasteiger partial charge in [0, 0.05) is 5.69 Å². The van der Waals surface area contributed by atoms with E-state index in [0.29, 0.717) is 11.5 Å². The highest BCUT2D eigenvalue weighted by molar-refractivity contribution is 5.95. The minimum absolute atomic E-state index is 0.124. The van der Waals surface area contributed by atoms with Gasteiger partial charge in [-0.1, -0.05) is 24.3 Å². The monoisotopic (exact) mass is 356 g/mol. The van der Waals surface area contributed by atoms with E-state index in [9.17, 15) is 9.59 Å². The second-order valence-electron chi connectivity index (χ2n) is 6.03. The van der Waals surface area contributed by atoms with Crippen LogP contribution in [-0.4, -0.2) is 32.1 Å². The van der Waals surface area contributed by atoms with Crippen LogP contribution < -0.4 is 20.1 Å². The van der Waals surface area contributed by atoms with E-state index in [-0.39, 0.29) is 25.0 Å². The molecule has 0 fully saturated rings. The fourth-order valence-corrected chi connectivity index (χ4v) is 2.46. The smallest absolute Gasteiger partial charge is 0.258 e. The van der Waals surface area contributed by atoms with Gasteiger partial charge in [0.25, 0.3) is 5.91 Å². The van der Waals surface area contributed by atoms with E-state index in [1.807, 2.05) is 51.1 Å². The molecule has 0 aliphatic rings. The first-order chi connectivity index (χ1) is 12.4. The van der Waals surface area contributed by atoms with Crippen molar-refractivity contribution in [1.82, 2.24) is 5.32 Å². The van der Waals surface area contributed by atoms with Crippen LogP contribution in [0.3, 0.4) is 0 Å². The van der Waals surface area contributed by atoms with E-state index in [0.717, 1.165) is 22.4 Å². The van der Waals surface area contributed by atoms with E-state index >= 15 is 0 Å². The minimum atomic E-state index is -0.385. The minimum Gasteiger partial charge on any atom is -0.493 e. The number of ether oxygens (including phenoxy) is 2. The molecule has 0 bridgehead atoms. The molecule has 0 radical (unpaired) electrons. The largest absolute Gasteiger partial charge is 0.493 e. The van der Waals surface area contributed by atoms with Crippen LogP contribution in [0.4, 0.5) is 5.69 Å². The molecule has 0 atom stereocenters. The summed E-state index contributed by atoms with van der Waals surface area (Å²) >= 11 is 0. The molecule has 2 N–H and O–H groups in total. The third kappa shape index (κ3) is 5.24. The van der Waals surface area contributed by atoms with Crippen molar-refractivity contribution in [3.8, 4) is 11.5 Å². The fraction of sp³-hybridized carbons (Fsp3) is 0.300. The summed E-state index contributed by atoms with van der Waals surface area (Å²) < 4.78 is 10.7. The van der Waals surface area contributed by atoms with Crippen LogP contribution in [0.1, 0.15) is 16.7 Å². The quantitative estimate of drug-likeness (QED) is 0.800. The molecule has 0 unspecified atom stereocenters. The van der Waals surface area contributed by atoms with Crippen LogP contribution in [0.25, 0.3) is 0 Å². The van der Waals surface area contributed by atoms with Gasteiger partial charge in [0.2, 0.25) is 5.91 Å². The van der Waals surface area contributed by atoms with Crippen molar-refractivity contribution < 1.29 is 19.1 Å². The number of nitrogens with one attached hydrogen (secondary N) is 2. The molecule has 2 rings (SSSR count). The lowest BCUT2D eigenvalue weighted by molar-refractivity contribution is -0.125. The normalized spacial score (nSPS) is 10.2. The van der Waals surface area contributed by atoms with Crippen molar-refractivity contribution in [3.05, 3.63) is 53.1 Å². The fourth-order valence-electron chi connectivity index (χ4n) is 2.46. The number of benzene rings is 2. The number of methoxy groups -OCH3 is 1. The molecule has 0 aliphatic heterocycles. The first-order valence-corrected chi connectivity index (χ1v) is 8.31. The molecule has 138 valence electrons. The van der Waals surface area contributed by atoms with Crippen molar-refractivity contribution in [2.75, 3.05) is 25.6 Å². The van der Waals surface area contributed by atoms with Gasteiger partial charge in [0.1, 0.15) is 0 Å². The van der Waals surface area contributed by atoms with Crippen molar-refractivity contribution in [3.63, 3.8) is 0 Å². The van der Waals surface area contributed by atoms with Crippen molar-refractivity contribution in [2.45, 2.75) is 20.8 Å². The van der Waals surface area contributed by atoms with Crippen LogP contribution >= 0.6 is 0 Å². The van der Waals surface area contributed by atoms with Gasteiger partial charge in [-0.3, -0.25) is 9.59 Å². The summed E-state index contributed by atoms with van der Waals surface area (Å²) in [6.07, 6.45) is 0. The Morgan fingerprint density at radius 2 is 1.65 bits per heavy atom. The second kappa shape index (κ2) is 8.89. The molecule has 0 aliphatic carbocycles. The van der Waals surface area contributed by atoms with Crippen LogP contribution in [0, 0.1) is 20.8 Å². The van der Waals surface area contributed by atoms with Crippen molar-refractivity contribution in [2.24, 2.45) is 0 Å². The number of hydrogen-bond donors (Lipinski definition) is 2. The number of hydrogen-bond acceptors (Lipinski definition) is 4. The molecule has 0 saturated heterocycles. The Balaban J connectivity index is 1.82. The molecule has 0 spiro atoms. The van der Waals surface area contributed by atoms with Crippen molar-refractivity contribution in [1.29, 1.82) is 0 Å². The Morgan fingerprint density at radius 1 is 0.962 bits per heavy atom. The summed E-state index contributed by atoms with van der Waals surface area (Å²) in [7, 11) is 1.54. The van der Waals surface area contributed by atoms with Crippen LogP contribution in [-0.2, 0) is 9.59 Å². The lowest BCUT2D eigenvalue weighted by atomic mass is 10.1. The standard InChI is InChI=1S/C20H24N2O4/c1-13-8-9-16(17(10-13)25-4)26-12-19(24)21-11-18(23)22-20-14(2)6-5-7-15(20)3/h5-10H,11-12H2,1-4H3,(H,21,24)(H,22,23). The molecule has 6 heteroatoms. The molecule has 0 heterocycles. The zero-order valence-corrected chi connectivity index (χ0v) is 15.5. The van der Waals surface area contributed by atoms with Gasteiger partial charge in [0.05, 0.1) is 13.7 Å². The average Bonchev–Trinajstić information content (AvgIpc) is 2.62. The van der Waals surface area contributed by atoms with Crippen LogP contribution in [0.15, 0.2) is 36.4 Å². The Kier molecular flexibility index (Phi) is 6.60. The Labute approximate surface area is 153 Å². The van der Waals surface area contributed by atoms with E-state index in [1.165, 1.54) is 0 Å². The number of carbonyl (C=O) groups excluding carboxylic acids is 2. The summed E-state index contributed by atoms with van der Waals surface area (Å²) in [6.45, 7) is 5.46. The maximum absolute atomic E-state index is 12.0. The topological polar surface area (TPSA) is 76.7 Å². The third-order valence-electron chi connectivity index (χ3n) is 3.87. The van der Waals surface area contributed by atoms with Gasteiger partial charge >= 0.3 is 0 Å². The number of para-hydroxylation sites is 1. The Bertz CT molecular complexity index is 782. The van der Waals surface area contributed by atoms with Crippen molar-refractivity contribution >= 4 is 17.5 Å². The maximum Gasteiger partial charge on any atom is 0.258 e. The second-order valence-corrected chi connectivity index (χ2v) is 6.03. The third-order valence-corrected chi connectivity index (χ3v) is 3.87. The molecule has 0 aromatic heterocycles. The number of amides is 2. The molecule has 2 aromatic carbocycles. The molecule has 0 saturated carbocycles. The first-order valence-electron chi connectivity index (χ1n) is 8.31. The number of carbonyl (C=O) groups is 2. The van der Waals surface area contributed by atoms with Gasteiger partial charge in [0.15, 0.2) is 18.1 Å². The molecule has 6 nitrogen and oxygen atoms in total. The number of rotatable bonds is 7. The summed E-state index contributed by atoms with van der Waals surface area (Å²) in [5.74, 6) is 0.367. The SMILES string of the molecule is COc1cc(C)ccc1OCC(=O)NCC(=O)Nc1c(C)cccc1C. The van der Waals surface area contributed by atoms with Gasteiger partial charge in [-0.25, -0.2) is 0 Å². The lowest BCUT2D eigenvalue weighted by Crippen LogP contribution is -2.36. The predicted octanol–water partition coefficient (Wildman–Crippen LogP) is 2.75. The van der Waals surface area contributed by atoms with Gasteiger partial charge in [-0.2, -0.15) is 0 Å². The average molecular weight is 356 g/mol. The molecular weight excluding hydrogens is 332 g/mol. The highest BCUT2D eigenvalue weighted by atomic mass is 16.5. The molecular formula is C20H24N2O4. The molecule has 26 heavy (non-hydrogen) atoms. The van der Waals surface area contributed by atoms with E-state index in [1.54, 1.807) is 13.2 Å². The Morgan fingerprint density at radius 3 is 2.31 bits per heavy atom. The first kappa shape index (κ1) is 19.3. The lowest BCUT2D eigenvalue weighted by Gasteiger charge is -2.13. The number of anilines is 1. The predicted molar refractivity (Wildman–Crippen MR) is 101 cm³/mol. The Hall–Kier alpha value is -3.02. The molecule has 2 amide bonds. The summed E-state index contributed by atoms with van der Waals surface area (Å²) in [4.78, 5) is 24.0. The van der Waals surface area contributed by atoms with E-state index in [4.69, 9.17) is 9.47 Å². The van der Waals surface area contributed by atoms with Crippen LogP contribution in [0.5, 0.6) is 11.5 Å². The molecule has 2 aromatic rings. The maximum atomic E-state index is 12.0. The zero-order chi connectivity index (χ0) is 19.1. The highest BCUT2D eigenvalue weighted by Gasteiger charge is 2.11. The van der Waals surface area contributed by atoms with E-state index in [2.05, 4.69) is 10.6 Å². The van der Waals surface area contributed by atoms with Gasteiger partial charge in [-0.15, -0.1) is 0 Å². The van der Waals surface area contributed by atoms with Crippen LogP contribution in [0.2, 0.25) is 0 Å². The van der Waals surface area contributed by atoms with Gasteiger partial charge < -0.3 is 20.1 Å². The summed E-state index contributed by atoms with van der Waals surface area (Å²) in [5.41, 5.74) is 3.74. The van der Waals surface area contributed by atoms with Gasteiger partial charge in [-0.05, 0) is 49.6 Å². The summed E-state index contributed by atoms with van der Waals surface area (Å²) in [6, 6.07) is 11.2. The zero-order valence-electron chi connectivity index (χ0n) is 15.5. The van der Waals surface area contributed by atoms with E-state index < -0.39 is 0 Å². The highest BCUT2D eigenvalue weighted by Crippen LogP contribution is 2.27.